The Morgan fingerprint density at radius 1 is 1.08 bits per heavy atom. The van der Waals surface area contributed by atoms with Gasteiger partial charge < -0.3 is 9.84 Å². The SMILES string of the molecule is OCCC1(c2ccc(F)cc2F)OC1c1ccccc1C(F)(F)F. The molecule has 24 heavy (non-hydrogen) atoms. The number of aliphatic hydroxyl groups excluding tert-OH is 1. The first-order chi connectivity index (χ1) is 11.3. The summed E-state index contributed by atoms with van der Waals surface area (Å²) in [4.78, 5) is 0. The highest BCUT2D eigenvalue weighted by Gasteiger charge is 2.60. The first-order valence-electron chi connectivity index (χ1n) is 7.20. The number of hydrogen-bond acceptors (Lipinski definition) is 2. The summed E-state index contributed by atoms with van der Waals surface area (Å²) in [6.07, 6.45) is -5.76. The Bertz CT molecular complexity index is 759. The average molecular weight is 344 g/mol. The molecule has 1 N–H and O–H groups in total. The molecule has 7 heteroatoms. The minimum Gasteiger partial charge on any atom is -0.396 e. The van der Waals surface area contributed by atoms with Gasteiger partial charge in [0.05, 0.1) is 5.56 Å². The molecule has 2 unspecified atom stereocenters. The Kier molecular flexibility index (Phi) is 4.09. The van der Waals surface area contributed by atoms with Crippen molar-refractivity contribution >= 4 is 0 Å². The van der Waals surface area contributed by atoms with Crippen LogP contribution in [0, 0.1) is 11.6 Å². The van der Waals surface area contributed by atoms with E-state index in [-0.39, 0.29) is 17.5 Å². The topological polar surface area (TPSA) is 32.8 Å². The molecule has 0 spiro atoms. The van der Waals surface area contributed by atoms with Crippen LogP contribution in [-0.2, 0) is 16.5 Å². The highest BCUT2D eigenvalue weighted by Crippen LogP contribution is 2.61. The summed E-state index contributed by atoms with van der Waals surface area (Å²) in [6.45, 7) is -0.415. The van der Waals surface area contributed by atoms with Crippen LogP contribution in [0.5, 0.6) is 0 Å². The largest absolute Gasteiger partial charge is 0.416 e. The molecule has 0 aromatic heterocycles. The van der Waals surface area contributed by atoms with Crippen molar-refractivity contribution in [3.8, 4) is 0 Å². The van der Waals surface area contributed by atoms with Gasteiger partial charge in [0.15, 0.2) is 0 Å². The Hall–Kier alpha value is -1.99. The molecule has 2 aromatic carbocycles. The third kappa shape index (κ3) is 2.78. The van der Waals surface area contributed by atoms with E-state index in [1.807, 2.05) is 0 Å². The van der Waals surface area contributed by atoms with Crippen LogP contribution in [0.3, 0.4) is 0 Å². The summed E-state index contributed by atoms with van der Waals surface area (Å²) in [7, 11) is 0. The van der Waals surface area contributed by atoms with E-state index in [0.717, 1.165) is 18.2 Å². The monoisotopic (exact) mass is 344 g/mol. The van der Waals surface area contributed by atoms with Crippen LogP contribution in [0.1, 0.15) is 29.2 Å². The second-order valence-corrected chi connectivity index (χ2v) is 5.57. The third-order valence-electron chi connectivity index (χ3n) is 4.11. The molecule has 0 radical (unpaired) electrons. The molecule has 128 valence electrons. The van der Waals surface area contributed by atoms with E-state index in [9.17, 15) is 27.1 Å². The van der Waals surface area contributed by atoms with E-state index in [1.165, 1.54) is 18.2 Å². The van der Waals surface area contributed by atoms with Crippen LogP contribution in [0.15, 0.2) is 42.5 Å². The standard InChI is InChI=1S/C17H13F5O2/c18-10-5-6-13(14(19)9-10)16(7-8-23)15(24-16)11-3-1-2-4-12(11)17(20,21)22/h1-6,9,15,23H,7-8H2. The quantitative estimate of drug-likeness (QED) is 0.661. The summed E-state index contributed by atoms with van der Waals surface area (Å²) >= 11 is 0. The summed E-state index contributed by atoms with van der Waals surface area (Å²) in [5, 5.41) is 9.24. The molecule has 1 heterocycles. The molecule has 2 atom stereocenters. The number of benzene rings is 2. The maximum absolute atomic E-state index is 14.1. The van der Waals surface area contributed by atoms with E-state index in [4.69, 9.17) is 4.74 Å². The normalized spacial score (nSPS) is 23.3. The molecule has 2 nitrogen and oxygen atoms in total. The summed E-state index contributed by atoms with van der Waals surface area (Å²) < 4.78 is 72.2. The summed E-state index contributed by atoms with van der Waals surface area (Å²) in [5.74, 6) is -1.72. The van der Waals surface area contributed by atoms with Gasteiger partial charge in [0.2, 0.25) is 0 Å². The van der Waals surface area contributed by atoms with Gasteiger partial charge in [0.25, 0.3) is 0 Å². The Balaban J connectivity index is 2.06. The van der Waals surface area contributed by atoms with E-state index in [1.54, 1.807) is 0 Å². The van der Waals surface area contributed by atoms with Crippen molar-refractivity contribution in [1.82, 2.24) is 0 Å². The molecule has 0 amide bonds. The van der Waals surface area contributed by atoms with Crippen LogP contribution in [0.25, 0.3) is 0 Å². The molecule has 1 saturated heterocycles. The molecule has 0 bridgehead atoms. The van der Waals surface area contributed by atoms with Crippen molar-refractivity contribution in [2.45, 2.75) is 24.3 Å². The molecular weight excluding hydrogens is 331 g/mol. The van der Waals surface area contributed by atoms with Gasteiger partial charge >= 0.3 is 6.18 Å². The molecular formula is C17H13F5O2. The van der Waals surface area contributed by atoms with Crippen molar-refractivity contribution < 1.29 is 31.8 Å². The van der Waals surface area contributed by atoms with Gasteiger partial charge in [-0.05, 0) is 17.7 Å². The first-order valence-corrected chi connectivity index (χ1v) is 7.20. The number of halogens is 5. The first kappa shape index (κ1) is 16.9. The van der Waals surface area contributed by atoms with E-state index in [2.05, 4.69) is 0 Å². The zero-order valence-corrected chi connectivity index (χ0v) is 12.3. The van der Waals surface area contributed by atoms with Crippen LogP contribution in [0.4, 0.5) is 22.0 Å². The minimum absolute atomic E-state index is 0.0695. The molecule has 3 rings (SSSR count). The number of aliphatic hydroxyl groups is 1. The van der Waals surface area contributed by atoms with Gasteiger partial charge in [-0.25, -0.2) is 8.78 Å². The maximum atomic E-state index is 14.1. The number of hydrogen-bond donors (Lipinski definition) is 1. The van der Waals surface area contributed by atoms with Crippen molar-refractivity contribution in [2.24, 2.45) is 0 Å². The van der Waals surface area contributed by atoms with Gasteiger partial charge in [-0.1, -0.05) is 24.3 Å². The third-order valence-corrected chi connectivity index (χ3v) is 4.11. The average Bonchev–Trinajstić information content (AvgIpc) is 3.21. The van der Waals surface area contributed by atoms with Crippen LogP contribution >= 0.6 is 0 Å². The zero-order chi connectivity index (χ0) is 17.5. The lowest BCUT2D eigenvalue weighted by atomic mass is 9.87. The fourth-order valence-corrected chi connectivity index (χ4v) is 3.00. The van der Waals surface area contributed by atoms with Gasteiger partial charge in [0.1, 0.15) is 23.3 Å². The van der Waals surface area contributed by atoms with Gasteiger partial charge in [-0.2, -0.15) is 13.2 Å². The van der Waals surface area contributed by atoms with E-state index >= 15 is 0 Å². The number of ether oxygens (including phenoxy) is 1. The van der Waals surface area contributed by atoms with Crippen molar-refractivity contribution in [3.63, 3.8) is 0 Å². The second-order valence-electron chi connectivity index (χ2n) is 5.57. The Morgan fingerprint density at radius 3 is 2.42 bits per heavy atom. The van der Waals surface area contributed by atoms with Gasteiger partial charge in [-0.3, -0.25) is 0 Å². The minimum atomic E-state index is -4.59. The zero-order valence-electron chi connectivity index (χ0n) is 12.3. The summed E-state index contributed by atoms with van der Waals surface area (Å²) in [6, 6.07) is 7.64. The Labute approximate surface area is 134 Å². The smallest absolute Gasteiger partial charge is 0.396 e. The second kappa shape index (κ2) is 5.82. The molecule has 2 aromatic rings. The lowest BCUT2D eigenvalue weighted by Crippen LogP contribution is -2.16. The predicted molar refractivity (Wildman–Crippen MR) is 75.0 cm³/mol. The molecule has 0 aliphatic carbocycles. The fraction of sp³-hybridized carbons (Fsp3) is 0.294. The lowest BCUT2D eigenvalue weighted by molar-refractivity contribution is -0.138. The highest BCUT2D eigenvalue weighted by molar-refractivity contribution is 5.41. The summed E-state index contributed by atoms with van der Waals surface area (Å²) in [5.41, 5.74) is -2.52. The number of alkyl halides is 3. The van der Waals surface area contributed by atoms with Gasteiger partial charge in [-0.15, -0.1) is 0 Å². The lowest BCUT2D eigenvalue weighted by Gasteiger charge is -2.16. The molecule has 0 saturated carbocycles. The van der Waals surface area contributed by atoms with Crippen molar-refractivity contribution in [1.29, 1.82) is 0 Å². The fourth-order valence-electron chi connectivity index (χ4n) is 3.00. The number of rotatable bonds is 4. The molecule has 1 aliphatic rings. The van der Waals surface area contributed by atoms with E-state index < -0.39 is 41.7 Å². The van der Waals surface area contributed by atoms with Crippen molar-refractivity contribution in [2.75, 3.05) is 6.61 Å². The van der Waals surface area contributed by atoms with Crippen LogP contribution in [-0.4, -0.2) is 11.7 Å². The van der Waals surface area contributed by atoms with Crippen LogP contribution < -0.4 is 0 Å². The van der Waals surface area contributed by atoms with Gasteiger partial charge in [0, 0.05) is 24.7 Å². The molecule has 1 aliphatic heterocycles. The van der Waals surface area contributed by atoms with Crippen molar-refractivity contribution in [3.05, 3.63) is 70.8 Å². The highest BCUT2D eigenvalue weighted by atomic mass is 19.4. The van der Waals surface area contributed by atoms with E-state index in [0.29, 0.717) is 6.07 Å². The number of epoxide rings is 1. The predicted octanol–water partition coefficient (Wildman–Crippen LogP) is 4.33. The van der Waals surface area contributed by atoms with Crippen LogP contribution in [0.2, 0.25) is 0 Å². The molecule has 1 fully saturated rings. The maximum Gasteiger partial charge on any atom is 0.416 e. The Morgan fingerprint density at radius 2 is 1.79 bits per heavy atom.